The van der Waals surface area contributed by atoms with E-state index in [9.17, 15) is 13.6 Å². The minimum atomic E-state index is -1.11. The predicted octanol–water partition coefficient (Wildman–Crippen LogP) is 2.38. The lowest BCUT2D eigenvalue weighted by Gasteiger charge is -2.13. The number of carbonyl (C=O) groups excluding carboxylic acids is 1. The van der Waals surface area contributed by atoms with E-state index in [0.29, 0.717) is 6.61 Å². The number of amides is 1. The summed E-state index contributed by atoms with van der Waals surface area (Å²) in [6, 6.07) is 1.29. The third-order valence-electron chi connectivity index (χ3n) is 2.05. The number of hydrogen-bond donors (Lipinski definition) is 1. The van der Waals surface area contributed by atoms with Crippen LogP contribution in [0.5, 0.6) is 0 Å². The number of halogens is 3. The molecule has 0 aliphatic rings. The van der Waals surface area contributed by atoms with Gasteiger partial charge in [0.25, 0.3) is 5.91 Å². The van der Waals surface area contributed by atoms with Gasteiger partial charge in [0.1, 0.15) is 0 Å². The minimum Gasteiger partial charge on any atom is -0.383 e. The smallest absolute Gasteiger partial charge is 0.253 e. The van der Waals surface area contributed by atoms with E-state index < -0.39 is 17.5 Å². The van der Waals surface area contributed by atoms with Gasteiger partial charge in [-0.05, 0) is 19.1 Å². The van der Waals surface area contributed by atoms with Crippen molar-refractivity contribution in [1.82, 2.24) is 5.32 Å². The second kappa shape index (κ2) is 5.93. The SMILES string of the molecule is COC[C@H](C)NC(=O)c1cc(F)c(F)cc1Cl. The van der Waals surface area contributed by atoms with Crippen molar-refractivity contribution in [3.63, 3.8) is 0 Å². The van der Waals surface area contributed by atoms with Gasteiger partial charge in [-0.3, -0.25) is 4.79 Å². The summed E-state index contributed by atoms with van der Waals surface area (Å²) in [5.74, 6) is -2.77. The average molecular weight is 264 g/mol. The molecule has 17 heavy (non-hydrogen) atoms. The van der Waals surface area contributed by atoms with Gasteiger partial charge >= 0.3 is 0 Å². The molecule has 6 heteroatoms. The fourth-order valence-electron chi connectivity index (χ4n) is 1.29. The first kappa shape index (κ1) is 13.9. The first-order chi connectivity index (χ1) is 7.95. The maximum absolute atomic E-state index is 13.0. The zero-order valence-electron chi connectivity index (χ0n) is 9.39. The van der Waals surface area contributed by atoms with Crippen LogP contribution in [-0.2, 0) is 4.74 Å². The fourth-order valence-corrected chi connectivity index (χ4v) is 1.53. The Labute approximate surface area is 103 Å². The summed E-state index contributed by atoms with van der Waals surface area (Å²) in [7, 11) is 1.49. The highest BCUT2D eigenvalue weighted by Gasteiger charge is 2.16. The van der Waals surface area contributed by atoms with Gasteiger partial charge in [0.15, 0.2) is 11.6 Å². The van der Waals surface area contributed by atoms with Crippen LogP contribution in [0.15, 0.2) is 12.1 Å². The number of methoxy groups -OCH3 is 1. The molecule has 0 radical (unpaired) electrons. The molecule has 1 amide bonds. The van der Waals surface area contributed by atoms with Gasteiger partial charge in [0.05, 0.1) is 17.2 Å². The van der Waals surface area contributed by atoms with Gasteiger partial charge in [-0.2, -0.15) is 0 Å². The lowest BCUT2D eigenvalue weighted by molar-refractivity contribution is 0.0905. The Morgan fingerprint density at radius 3 is 2.65 bits per heavy atom. The summed E-state index contributed by atoms with van der Waals surface area (Å²) in [6.07, 6.45) is 0. The van der Waals surface area contributed by atoms with Crippen LogP contribution >= 0.6 is 11.6 Å². The summed E-state index contributed by atoms with van der Waals surface area (Å²) in [4.78, 5) is 11.7. The normalized spacial score (nSPS) is 12.3. The Bertz CT molecular complexity index is 426. The van der Waals surface area contributed by atoms with Crippen molar-refractivity contribution < 1.29 is 18.3 Å². The quantitative estimate of drug-likeness (QED) is 0.847. The average Bonchev–Trinajstić information content (AvgIpc) is 2.23. The lowest BCUT2D eigenvalue weighted by atomic mass is 10.2. The van der Waals surface area contributed by atoms with Gasteiger partial charge in [0, 0.05) is 13.2 Å². The molecule has 3 nitrogen and oxygen atoms in total. The molecule has 0 bridgehead atoms. The third-order valence-corrected chi connectivity index (χ3v) is 2.36. The lowest BCUT2D eigenvalue weighted by Crippen LogP contribution is -2.35. The van der Waals surface area contributed by atoms with Crippen LogP contribution in [0.3, 0.4) is 0 Å². The molecule has 1 rings (SSSR count). The molecule has 0 aromatic heterocycles. The van der Waals surface area contributed by atoms with Crippen molar-refractivity contribution >= 4 is 17.5 Å². The molecular formula is C11H12ClF2NO2. The van der Waals surface area contributed by atoms with Crippen molar-refractivity contribution in [2.45, 2.75) is 13.0 Å². The van der Waals surface area contributed by atoms with Gasteiger partial charge < -0.3 is 10.1 Å². The van der Waals surface area contributed by atoms with Crippen molar-refractivity contribution in [2.24, 2.45) is 0 Å². The standard InChI is InChI=1S/C11H12ClF2NO2/c1-6(5-17-2)15-11(16)7-3-9(13)10(14)4-8(7)12/h3-4,6H,5H2,1-2H3,(H,15,16)/t6-/m0/s1. The second-order valence-electron chi connectivity index (χ2n) is 3.58. The third kappa shape index (κ3) is 3.64. The molecule has 0 saturated carbocycles. The number of ether oxygens (including phenoxy) is 1. The van der Waals surface area contributed by atoms with Crippen LogP contribution in [0.4, 0.5) is 8.78 Å². The number of carbonyl (C=O) groups is 1. The molecule has 0 unspecified atom stereocenters. The van der Waals surface area contributed by atoms with E-state index in [1.54, 1.807) is 6.92 Å². The summed E-state index contributed by atoms with van der Waals surface area (Å²) in [5, 5.41) is 2.41. The Morgan fingerprint density at radius 1 is 1.47 bits per heavy atom. The molecule has 94 valence electrons. The number of rotatable bonds is 4. The van der Waals surface area contributed by atoms with Crippen LogP contribution in [0.25, 0.3) is 0 Å². The topological polar surface area (TPSA) is 38.3 Å². The minimum absolute atomic E-state index is 0.103. The van der Waals surface area contributed by atoms with E-state index in [1.165, 1.54) is 7.11 Å². The van der Waals surface area contributed by atoms with Gasteiger partial charge in [-0.1, -0.05) is 11.6 Å². The van der Waals surface area contributed by atoms with Crippen LogP contribution in [0, 0.1) is 11.6 Å². The Kier molecular flexibility index (Phi) is 4.84. The number of benzene rings is 1. The van der Waals surface area contributed by atoms with Crippen molar-refractivity contribution in [3.8, 4) is 0 Å². The highest BCUT2D eigenvalue weighted by Crippen LogP contribution is 2.19. The largest absolute Gasteiger partial charge is 0.383 e. The maximum Gasteiger partial charge on any atom is 0.253 e. The zero-order chi connectivity index (χ0) is 13.0. The number of hydrogen-bond acceptors (Lipinski definition) is 2. The summed E-state index contributed by atoms with van der Waals surface area (Å²) >= 11 is 5.66. The van der Waals surface area contributed by atoms with Crippen LogP contribution in [0.2, 0.25) is 5.02 Å². The molecule has 0 aliphatic carbocycles. The second-order valence-corrected chi connectivity index (χ2v) is 3.98. The Balaban J connectivity index is 2.86. The Morgan fingerprint density at radius 2 is 2.06 bits per heavy atom. The molecule has 0 heterocycles. The van der Waals surface area contributed by atoms with E-state index in [0.717, 1.165) is 12.1 Å². The highest BCUT2D eigenvalue weighted by atomic mass is 35.5. The van der Waals surface area contributed by atoms with Crippen molar-refractivity contribution in [1.29, 1.82) is 0 Å². The predicted molar refractivity (Wildman–Crippen MR) is 60.2 cm³/mol. The molecule has 1 aromatic carbocycles. The molecule has 1 aromatic rings. The van der Waals surface area contributed by atoms with Crippen LogP contribution in [0.1, 0.15) is 17.3 Å². The maximum atomic E-state index is 13.0. The van der Waals surface area contributed by atoms with Crippen LogP contribution in [-0.4, -0.2) is 25.7 Å². The van der Waals surface area contributed by atoms with Gasteiger partial charge in [-0.15, -0.1) is 0 Å². The van der Waals surface area contributed by atoms with Gasteiger partial charge in [0.2, 0.25) is 0 Å². The van der Waals surface area contributed by atoms with E-state index in [4.69, 9.17) is 16.3 Å². The Hall–Kier alpha value is -1.20. The van der Waals surface area contributed by atoms with Crippen molar-refractivity contribution in [3.05, 3.63) is 34.4 Å². The molecule has 0 spiro atoms. The highest BCUT2D eigenvalue weighted by molar-refractivity contribution is 6.33. The summed E-state index contributed by atoms with van der Waals surface area (Å²) < 4.78 is 30.6. The van der Waals surface area contributed by atoms with Crippen molar-refractivity contribution in [2.75, 3.05) is 13.7 Å². The monoisotopic (exact) mass is 263 g/mol. The van der Waals surface area contributed by atoms with Gasteiger partial charge in [-0.25, -0.2) is 8.78 Å². The molecule has 0 saturated heterocycles. The van der Waals surface area contributed by atoms with E-state index in [1.807, 2.05) is 0 Å². The van der Waals surface area contributed by atoms with Crippen LogP contribution < -0.4 is 5.32 Å². The van der Waals surface area contributed by atoms with E-state index in [-0.39, 0.29) is 16.6 Å². The number of nitrogens with one attached hydrogen (secondary N) is 1. The summed E-state index contributed by atoms with van der Waals surface area (Å²) in [6.45, 7) is 2.03. The molecule has 1 N–H and O–H groups in total. The fraction of sp³-hybridized carbons (Fsp3) is 0.364. The first-order valence-corrected chi connectivity index (χ1v) is 5.27. The molecule has 0 aliphatic heterocycles. The zero-order valence-corrected chi connectivity index (χ0v) is 10.1. The molecular weight excluding hydrogens is 252 g/mol. The summed E-state index contributed by atoms with van der Waals surface area (Å²) in [5.41, 5.74) is -0.103. The molecule has 1 atom stereocenters. The van der Waals surface area contributed by atoms with E-state index in [2.05, 4.69) is 5.32 Å². The van der Waals surface area contributed by atoms with E-state index >= 15 is 0 Å². The first-order valence-electron chi connectivity index (χ1n) is 4.90. The molecule has 0 fully saturated rings.